The Balaban J connectivity index is 1.86. The molecule has 1 unspecified atom stereocenters. The van der Waals surface area contributed by atoms with Gasteiger partial charge in [0, 0.05) is 26.2 Å². The summed E-state index contributed by atoms with van der Waals surface area (Å²) < 4.78 is 11.3. The molecule has 5 heteroatoms. The van der Waals surface area contributed by atoms with Crippen LogP contribution in [-0.2, 0) is 0 Å². The Morgan fingerprint density at radius 3 is 2.78 bits per heavy atom. The molecular formula is C13H19N3O2. The van der Waals surface area contributed by atoms with Gasteiger partial charge >= 0.3 is 0 Å². The van der Waals surface area contributed by atoms with Crippen molar-refractivity contribution in [1.29, 1.82) is 0 Å². The molecule has 3 rings (SSSR count). The van der Waals surface area contributed by atoms with Crippen molar-refractivity contribution in [3.8, 4) is 11.5 Å². The molecule has 0 radical (unpaired) electrons. The van der Waals surface area contributed by atoms with E-state index in [1.54, 1.807) is 0 Å². The van der Waals surface area contributed by atoms with E-state index in [9.17, 15) is 0 Å². The van der Waals surface area contributed by atoms with Gasteiger partial charge in [0.15, 0.2) is 17.7 Å². The summed E-state index contributed by atoms with van der Waals surface area (Å²) in [4.78, 5) is 4.68. The molecule has 98 valence electrons. The normalized spacial score (nSPS) is 24.1. The van der Waals surface area contributed by atoms with Crippen molar-refractivity contribution in [2.75, 3.05) is 44.7 Å². The third-order valence-electron chi connectivity index (χ3n) is 3.47. The van der Waals surface area contributed by atoms with Gasteiger partial charge in [-0.05, 0) is 19.2 Å². The molecule has 0 spiro atoms. The molecular weight excluding hydrogens is 230 g/mol. The summed E-state index contributed by atoms with van der Waals surface area (Å²) in [6.07, 6.45) is -0.361. The van der Waals surface area contributed by atoms with Gasteiger partial charge in [0.2, 0.25) is 0 Å². The number of nitrogens with two attached hydrogens (primary N) is 1. The average molecular weight is 249 g/mol. The third-order valence-corrected chi connectivity index (χ3v) is 3.47. The fourth-order valence-corrected chi connectivity index (χ4v) is 2.40. The lowest BCUT2D eigenvalue weighted by Crippen LogP contribution is -2.45. The standard InChI is InChI=1S/C13H19N3O2/c1-15-5-7-16(8-6-15)10-3-2-4-11-13(10)17-9-12(14)18-11/h2-4,12H,5-9,14H2,1H3. The maximum absolute atomic E-state index is 5.74. The van der Waals surface area contributed by atoms with E-state index < -0.39 is 0 Å². The highest BCUT2D eigenvalue weighted by Gasteiger charge is 2.24. The Morgan fingerprint density at radius 2 is 2.00 bits per heavy atom. The van der Waals surface area contributed by atoms with Crippen molar-refractivity contribution >= 4 is 5.69 Å². The molecule has 1 atom stereocenters. The van der Waals surface area contributed by atoms with Crippen LogP contribution >= 0.6 is 0 Å². The first-order chi connectivity index (χ1) is 8.74. The molecule has 2 N–H and O–H groups in total. The lowest BCUT2D eigenvalue weighted by molar-refractivity contribution is 0.0960. The highest BCUT2D eigenvalue weighted by molar-refractivity contribution is 5.65. The molecule has 0 amide bonds. The molecule has 1 saturated heterocycles. The van der Waals surface area contributed by atoms with Gasteiger partial charge < -0.3 is 19.3 Å². The van der Waals surface area contributed by atoms with Crippen LogP contribution in [0.25, 0.3) is 0 Å². The van der Waals surface area contributed by atoms with E-state index in [-0.39, 0.29) is 6.23 Å². The van der Waals surface area contributed by atoms with Crippen LogP contribution in [0.4, 0.5) is 5.69 Å². The molecule has 1 aromatic carbocycles. The van der Waals surface area contributed by atoms with Crippen molar-refractivity contribution in [1.82, 2.24) is 4.90 Å². The van der Waals surface area contributed by atoms with E-state index >= 15 is 0 Å². The predicted molar refractivity (Wildman–Crippen MR) is 70.3 cm³/mol. The zero-order valence-corrected chi connectivity index (χ0v) is 10.6. The van der Waals surface area contributed by atoms with Crippen LogP contribution in [-0.4, -0.2) is 51.0 Å². The summed E-state index contributed by atoms with van der Waals surface area (Å²) in [5.41, 5.74) is 6.85. The van der Waals surface area contributed by atoms with Gasteiger partial charge in [-0.1, -0.05) is 6.07 Å². The van der Waals surface area contributed by atoms with Gasteiger partial charge in [0.25, 0.3) is 0 Å². The van der Waals surface area contributed by atoms with Gasteiger partial charge in [0.05, 0.1) is 5.69 Å². The molecule has 2 aliphatic rings. The first-order valence-electron chi connectivity index (χ1n) is 6.35. The van der Waals surface area contributed by atoms with Crippen molar-refractivity contribution in [3.63, 3.8) is 0 Å². The first kappa shape index (κ1) is 11.6. The number of para-hydroxylation sites is 1. The number of rotatable bonds is 1. The third kappa shape index (κ3) is 2.11. The quantitative estimate of drug-likeness (QED) is 0.785. The number of fused-ring (bicyclic) bond motifs is 1. The zero-order valence-electron chi connectivity index (χ0n) is 10.6. The number of ether oxygens (including phenoxy) is 2. The summed E-state index contributed by atoms with van der Waals surface area (Å²) in [5, 5.41) is 0. The van der Waals surface area contributed by atoms with Gasteiger partial charge in [-0.2, -0.15) is 0 Å². The fraction of sp³-hybridized carbons (Fsp3) is 0.538. The van der Waals surface area contributed by atoms with Crippen LogP contribution in [0.2, 0.25) is 0 Å². The molecule has 0 bridgehead atoms. The minimum absolute atomic E-state index is 0.361. The van der Waals surface area contributed by atoms with E-state index in [2.05, 4.69) is 22.9 Å². The number of hydrogen-bond donors (Lipinski definition) is 1. The summed E-state index contributed by atoms with van der Waals surface area (Å²) in [6, 6.07) is 5.99. The molecule has 1 aromatic rings. The van der Waals surface area contributed by atoms with E-state index in [4.69, 9.17) is 15.2 Å². The second kappa shape index (κ2) is 4.66. The topological polar surface area (TPSA) is 51.0 Å². The maximum Gasteiger partial charge on any atom is 0.184 e. The highest BCUT2D eigenvalue weighted by Crippen LogP contribution is 2.40. The van der Waals surface area contributed by atoms with Gasteiger partial charge in [-0.3, -0.25) is 5.73 Å². The summed E-state index contributed by atoms with van der Waals surface area (Å²) >= 11 is 0. The maximum atomic E-state index is 5.74. The Morgan fingerprint density at radius 1 is 1.22 bits per heavy atom. The summed E-state index contributed by atoms with van der Waals surface area (Å²) in [7, 11) is 2.15. The number of likely N-dealkylation sites (N-methyl/N-ethyl adjacent to an activating group) is 1. The van der Waals surface area contributed by atoms with E-state index in [1.165, 1.54) is 0 Å². The summed E-state index contributed by atoms with van der Waals surface area (Å²) in [6.45, 7) is 4.59. The Bertz CT molecular complexity index is 430. The van der Waals surface area contributed by atoms with Crippen LogP contribution in [0.1, 0.15) is 0 Å². The van der Waals surface area contributed by atoms with Crippen LogP contribution < -0.4 is 20.1 Å². The fourth-order valence-electron chi connectivity index (χ4n) is 2.40. The van der Waals surface area contributed by atoms with Crippen LogP contribution in [0.15, 0.2) is 18.2 Å². The van der Waals surface area contributed by atoms with E-state index in [0.717, 1.165) is 43.4 Å². The number of hydrogen-bond acceptors (Lipinski definition) is 5. The minimum Gasteiger partial charge on any atom is -0.482 e. The molecule has 2 aliphatic heterocycles. The van der Waals surface area contributed by atoms with E-state index in [1.807, 2.05) is 12.1 Å². The number of anilines is 1. The Kier molecular flexibility index (Phi) is 3.01. The number of nitrogens with zero attached hydrogens (tertiary/aromatic N) is 2. The van der Waals surface area contributed by atoms with Crippen molar-refractivity contribution in [2.24, 2.45) is 5.73 Å². The highest BCUT2D eigenvalue weighted by atomic mass is 16.6. The molecule has 0 aromatic heterocycles. The van der Waals surface area contributed by atoms with Crippen molar-refractivity contribution in [2.45, 2.75) is 6.23 Å². The van der Waals surface area contributed by atoms with Crippen LogP contribution in [0, 0.1) is 0 Å². The number of piperazine rings is 1. The lowest BCUT2D eigenvalue weighted by Gasteiger charge is -2.36. The van der Waals surface area contributed by atoms with E-state index in [0.29, 0.717) is 6.61 Å². The number of benzene rings is 1. The van der Waals surface area contributed by atoms with Gasteiger partial charge in [0.1, 0.15) is 6.61 Å². The Labute approximate surface area is 107 Å². The van der Waals surface area contributed by atoms with Crippen LogP contribution in [0.5, 0.6) is 11.5 Å². The van der Waals surface area contributed by atoms with Gasteiger partial charge in [-0.15, -0.1) is 0 Å². The molecule has 1 fully saturated rings. The molecule has 2 heterocycles. The summed E-state index contributed by atoms with van der Waals surface area (Å²) in [5.74, 6) is 1.59. The largest absolute Gasteiger partial charge is 0.482 e. The minimum atomic E-state index is -0.361. The van der Waals surface area contributed by atoms with Crippen molar-refractivity contribution < 1.29 is 9.47 Å². The van der Waals surface area contributed by atoms with Crippen LogP contribution in [0.3, 0.4) is 0 Å². The second-order valence-electron chi connectivity index (χ2n) is 4.86. The second-order valence-corrected chi connectivity index (χ2v) is 4.86. The molecule has 5 nitrogen and oxygen atoms in total. The average Bonchev–Trinajstić information content (AvgIpc) is 2.38. The monoisotopic (exact) mass is 249 g/mol. The Hall–Kier alpha value is -1.46. The van der Waals surface area contributed by atoms with Gasteiger partial charge in [-0.25, -0.2) is 0 Å². The predicted octanol–water partition coefficient (Wildman–Crippen LogP) is 0.494. The zero-order chi connectivity index (χ0) is 12.5. The molecule has 0 saturated carbocycles. The van der Waals surface area contributed by atoms with Crippen molar-refractivity contribution in [3.05, 3.63) is 18.2 Å². The lowest BCUT2D eigenvalue weighted by atomic mass is 10.2. The molecule has 18 heavy (non-hydrogen) atoms. The first-order valence-corrected chi connectivity index (χ1v) is 6.35. The smallest absolute Gasteiger partial charge is 0.184 e. The SMILES string of the molecule is CN1CCN(c2cccc3c2OCC(N)O3)CC1. The molecule has 0 aliphatic carbocycles.